The van der Waals surface area contributed by atoms with Gasteiger partial charge < -0.3 is 4.90 Å². The van der Waals surface area contributed by atoms with Gasteiger partial charge in [-0.05, 0) is 49.4 Å². The molecule has 0 radical (unpaired) electrons. The van der Waals surface area contributed by atoms with Crippen LogP contribution in [0, 0.1) is 17.1 Å². The molecule has 2 aromatic rings. The van der Waals surface area contributed by atoms with Gasteiger partial charge in [0.1, 0.15) is 5.82 Å². The predicted molar refractivity (Wildman–Crippen MR) is 98.5 cm³/mol. The first kappa shape index (κ1) is 19.0. The zero-order valence-corrected chi connectivity index (χ0v) is 15.5. The van der Waals surface area contributed by atoms with Crippen molar-refractivity contribution in [2.75, 3.05) is 31.1 Å². The SMILES string of the molecule is CC(=O)c1ccc(N2CCN(S(=O)(=O)c3ccc(C#N)cc3)CC2)c(F)c1. The summed E-state index contributed by atoms with van der Waals surface area (Å²) in [5.74, 6) is -0.704. The highest BCUT2D eigenvalue weighted by Crippen LogP contribution is 2.24. The molecule has 0 N–H and O–H groups in total. The zero-order valence-electron chi connectivity index (χ0n) is 14.7. The number of nitriles is 1. The third kappa shape index (κ3) is 3.84. The molecule has 1 aliphatic heterocycles. The van der Waals surface area contributed by atoms with E-state index in [-0.39, 0.29) is 23.8 Å². The molecule has 1 heterocycles. The topological polar surface area (TPSA) is 81.5 Å². The van der Waals surface area contributed by atoms with E-state index in [2.05, 4.69) is 0 Å². The molecule has 8 heteroatoms. The van der Waals surface area contributed by atoms with Gasteiger partial charge in [-0.15, -0.1) is 0 Å². The van der Waals surface area contributed by atoms with Crippen LogP contribution in [0.3, 0.4) is 0 Å². The van der Waals surface area contributed by atoms with Crippen molar-refractivity contribution in [1.82, 2.24) is 4.31 Å². The summed E-state index contributed by atoms with van der Waals surface area (Å²) in [5, 5.41) is 8.82. The van der Waals surface area contributed by atoms with Gasteiger partial charge >= 0.3 is 0 Å². The molecule has 0 aromatic heterocycles. The number of ketones is 1. The summed E-state index contributed by atoms with van der Waals surface area (Å²) in [6, 6.07) is 12.1. The van der Waals surface area contributed by atoms with E-state index >= 15 is 0 Å². The van der Waals surface area contributed by atoms with Gasteiger partial charge in [-0.1, -0.05) is 0 Å². The Kier molecular flexibility index (Phi) is 5.26. The average Bonchev–Trinajstić information content (AvgIpc) is 2.68. The largest absolute Gasteiger partial charge is 0.367 e. The quantitative estimate of drug-likeness (QED) is 0.753. The van der Waals surface area contributed by atoms with Crippen LogP contribution in [-0.2, 0) is 10.0 Å². The van der Waals surface area contributed by atoms with E-state index in [9.17, 15) is 17.6 Å². The Morgan fingerprint density at radius 3 is 2.22 bits per heavy atom. The molecule has 3 rings (SSSR count). The Labute approximate surface area is 157 Å². The molecule has 0 aliphatic carbocycles. The molecule has 0 unspecified atom stereocenters. The molecule has 2 aromatic carbocycles. The van der Waals surface area contributed by atoms with Crippen LogP contribution in [-0.4, -0.2) is 44.7 Å². The fourth-order valence-corrected chi connectivity index (χ4v) is 4.42. The van der Waals surface area contributed by atoms with Crippen molar-refractivity contribution in [1.29, 1.82) is 5.26 Å². The maximum absolute atomic E-state index is 14.3. The lowest BCUT2D eigenvalue weighted by Gasteiger charge is -2.35. The second-order valence-corrected chi connectivity index (χ2v) is 8.19. The van der Waals surface area contributed by atoms with Crippen LogP contribution in [0.4, 0.5) is 10.1 Å². The second-order valence-electron chi connectivity index (χ2n) is 6.25. The van der Waals surface area contributed by atoms with E-state index in [0.29, 0.717) is 29.9 Å². The number of sulfonamides is 1. The zero-order chi connectivity index (χ0) is 19.6. The van der Waals surface area contributed by atoms with Crippen LogP contribution in [0.2, 0.25) is 0 Å². The summed E-state index contributed by atoms with van der Waals surface area (Å²) in [7, 11) is -3.66. The number of nitrogens with zero attached hydrogens (tertiary/aromatic N) is 3. The lowest BCUT2D eigenvalue weighted by molar-refractivity contribution is 0.101. The summed E-state index contributed by atoms with van der Waals surface area (Å²) >= 11 is 0. The number of benzene rings is 2. The third-order valence-electron chi connectivity index (χ3n) is 4.55. The average molecular weight is 387 g/mol. The molecule has 0 saturated carbocycles. The molecule has 0 amide bonds. The van der Waals surface area contributed by atoms with Crippen molar-refractivity contribution in [2.24, 2.45) is 0 Å². The number of anilines is 1. The first-order valence-electron chi connectivity index (χ1n) is 8.38. The van der Waals surface area contributed by atoms with E-state index in [0.717, 1.165) is 0 Å². The molecule has 0 spiro atoms. The van der Waals surface area contributed by atoms with Crippen molar-refractivity contribution < 1.29 is 17.6 Å². The molecular weight excluding hydrogens is 369 g/mol. The fraction of sp³-hybridized carbons (Fsp3) is 0.263. The molecule has 1 aliphatic rings. The van der Waals surface area contributed by atoms with Crippen molar-refractivity contribution in [3.63, 3.8) is 0 Å². The van der Waals surface area contributed by atoms with Gasteiger partial charge in [0, 0.05) is 31.7 Å². The Hall–Kier alpha value is -2.76. The van der Waals surface area contributed by atoms with Crippen molar-refractivity contribution in [3.05, 3.63) is 59.4 Å². The van der Waals surface area contributed by atoms with Gasteiger partial charge in [-0.2, -0.15) is 9.57 Å². The monoisotopic (exact) mass is 387 g/mol. The minimum atomic E-state index is -3.66. The second kappa shape index (κ2) is 7.47. The van der Waals surface area contributed by atoms with E-state index in [4.69, 9.17) is 5.26 Å². The summed E-state index contributed by atoms with van der Waals surface area (Å²) < 4.78 is 41.1. The van der Waals surface area contributed by atoms with Crippen molar-refractivity contribution in [3.8, 4) is 6.07 Å². The number of rotatable bonds is 4. The summed E-state index contributed by atoms with van der Waals surface area (Å²) in [5.41, 5.74) is 1.05. The highest BCUT2D eigenvalue weighted by atomic mass is 32.2. The molecule has 27 heavy (non-hydrogen) atoms. The Morgan fingerprint density at radius 2 is 1.70 bits per heavy atom. The van der Waals surface area contributed by atoms with Gasteiger partial charge in [-0.25, -0.2) is 12.8 Å². The number of hydrogen-bond acceptors (Lipinski definition) is 5. The number of halogens is 1. The van der Waals surface area contributed by atoms with Crippen LogP contribution < -0.4 is 4.90 Å². The third-order valence-corrected chi connectivity index (χ3v) is 6.47. The van der Waals surface area contributed by atoms with Crippen LogP contribution in [0.1, 0.15) is 22.8 Å². The van der Waals surface area contributed by atoms with Crippen molar-refractivity contribution in [2.45, 2.75) is 11.8 Å². The van der Waals surface area contributed by atoms with Crippen LogP contribution in [0.5, 0.6) is 0 Å². The molecule has 6 nitrogen and oxygen atoms in total. The van der Waals surface area contributed by atoms with Crippen LogP contribution in [0.15, 0.2) is 47.4 Å². The Balaban J connectivity index is 1.73. The lowest BCUT2D eigenvalue weighted by Crippen LogP contribution is -2.48. The molecule has 0 bridgehead atoms. The number of piperazine rings is 1. The van der Waals surface area contributed by atoms with Gasteiger partial charge in [0.05, 0.1) is 22.2 Å². The molecule has 0 atom stereocenters. The van der Waals surface area contributed by atoms with Gasteiger partial charge in [0.25, 0.3) is 0 Å². The summed E-state index contributed by atoms with van der Waals surface area (Å²) in [6.07, 6.45) is 0. The van der Waals surface area contributed by atoms with Gasteiger partial charge in [0.15, 0.2) is 5.78 Å². The summed E-state index contributed by atoms with van der Waals surface area (Å²) in [4.78, 5) is 13.2. The predicted octanol–water partition coefficient (Wildman–Crippen LogP) is 2.41. The smallest absolute Gasteiger partial charge is 0.243 e. The number of carbonyl (C=O) groups excluding carboxylic acids is 1. The first-order valence-corrected chi connectivity index (χ1v) is 9.82. The number of hydrogen-bond donors (Lipinski definition) is 0. The molecule has 1 fully saturated rings. The van der Waals surface area contributed by atoms with Crippen LogP contribution in [0.25, 0.3) is 0 Å². The highest BCUT2D eigenvalue weighted by Gasteiger charge is 2.29. The van der Waals surface area contributed by atoms with Gasteiger partial charge in [-0.3, -0.25) is 4.79 Å². The van der Waals surface area contributed by atoms with Gasteiger partial charge in [0.2, 0.25) is 10.0 Å². The van der Waals surface area contributed by atoms with Crippen LogP contribution >= 0.6 is 0 Å². The van der Waals surface area contributed by atoms with E-state index in [1.807, 2.05) is 6.07 Å². The highest BCUT2D eigenvalue weighted by molar-refractivity contribution is 7.89. The minimum Gasteiger partial charge on any atom is -0.367 e. The molecule has 140 valence electrons. The lowest BCUT2D eigenvalue weighted by atomic mass is 10.1. The normalized spacial score (nSPS) is 15.4. The van der Waals surface area contributed by atoms with E-state index in [1.165, 1.54) is 41.6 Å². The number of carbonyl (C=O) groups is 1. The number of Topliss-reactive ketones (excluding diaryl/α,β-unsaturated/α-hetero) is 1. The fourth-order valence-electron chi connectivity index (χ4n) is 3.00. The summed E-state index contributed by atoms with van der Waals surface area (Å²) in [6.45, 7) is 2.49. The maximum atomic E-state index is 14.3. The first-order chi connectivity index (χ1) is 12.8. The molecular formula is C19H18FN3O3S. The van der Waals surface area contributed by atoms with Crippen molar-refractivity contribution >= 4 is 21.5 Å². The minimum absolute atomic E-state index is 0.131. The Bertz CT molecular complexity index is 1010. The van der Waals surface area contributed by atoms with E-state index < -0.39 is 15.8 Å². The molecule has 1 saturated heterocycles. The van der Waals surface area contributed by atoms with E-state index in [1.54, 1.807) is 17.0 Å². The standard InChI is InChI=1S/C19H18FN3O3S/c1-14(24)16-4-7-19(18(20)12-16)22-8-10-23(11-9-22)27(25,26)17-5-2-15(13-21)3-6-17/h2-7,12H,8-11H2,1H3. The maximum Gasteiger partial charge on any atom is 0.243 e. The Morgan fingerprint density at radius 1 is 1.07 bits per heavy atom.